The summed E-state index contributed by atoms with van der Waals surface area (Å²) >= 11 is 1.59. The quantitative estimate of drug-likeness (QED) is 0.688. The van der Waals surface area contributed by atoms with Crippen LogP contribution in [0.3, 0.4) is 0 Å². The van der Waals surface area contributed by atoms with Crippen LogP contribution in [-0.2, 0) is 6.42 Å². The fourth-order valence-corrected chi connectivity index (χ4v) is 4.24. The third kappa shape index (κ3) is 4.90. The summed E-state index contributed by atoms with van der Waals surface area (Å²) in [6, 6.07) is 10.7. The van der Waals surface area contributed by atoms with E-state index in [1.54, 1.807) is 17.5 Å². The topological polar surface area (TPSA) is 53.9 Å². The molecule has 0 radical (unpaired) electrons. The number of hydrogen-bond donors (Lipinski definition) is 1. The first-order valence-corrected chi connectivity index (χ1v) is 10.4. The summed E-state index contributed by atoms with van der Waals surface area (Å²) < 4.78 is 0. The highest BCUT2D eigenvalue weighted by Gasteiger charge is 2.22. The molecule has 0 bridgehead atoms. The molecule has 2 aromatic heterocycles. The van der Waals surface area contributed by atoms with Crippen molar-refractivity contribution in [2.24, 2.45) is 0 Å². The minimum atomic E-state index is 0.491. The van der Waals surface area contributed by atoms with Gasteiger partial charge in [0.15, 0.2) is 10.9 Å². The van der Waals surface area contributed by atoms with E-state index >= 15 is 0 Å². The average molecular weight is 380 g/mol. The molecule has 0 unspecified atom stereocenters. The van der Waals surface area contributed by atoms with Crippen LogP contribution >= 0.6 is 11.3 Å². The van der Waals surface area contributed by atoms with Crippen LogP contribution in [0.2, 0.25) is 0 Å². The van der Waals surface area contributed by atoms with Crippen molar-refractivity contribution in [3.8, 4) is 0 Å². The first-order chi connectivity index (χ1) is 13.3. The van der Waals surface area contributed by atoms with Crippen molar-refractivity contribution in [3.63, 3.8) is 0 Å². The molecular weight excluding hydrogens is 354 g/mol. The van der Waals surface area contributed by atoms with Gasteiger partial charge in [0.25, 0.3) is 0 Å². The third-order valence-corrected chi connectivity index (χ3v) is 5.95. The Balaban J connectivity index is 1.31. The Hall–Kier alpha value is -2.31. The van der Waals surface area contributed by atoms with Crippen molar-refractivity contribution < 1.29 is 0 Å². The molecule has 1 aromatic carbocycles. The lowest BCUT2D eigenvalue weighted by atomic mass is 9.93. The van der Waals surface area contributed by atoms with Gasteiger partial charge in [-0.25, -0.2) is 9.97 Å². The smallest absolute Gasteiger partial charge is 0.188 e. The van der Waals surface area contributed by atoms with Gasteiger partial charge < -0.3 is 10.2 Å². The summed E-state index contributed by atoms with van der Waals surface area (Å²) in [6.07, 6.45) is 7.10. The molecule has 3 aromatic rings. The molecule has 27 heavy (non-hydrogen) atoms. The number of thiazole rings is 1. The van der Waals surface area contributed by atoms with E-state index in [9.17, 15) is 0 Å². The van der Waals surface area contributed by atoms with E-state index in [4.69, 9.17) is 4.98 Å². The predicted molar refractivity (Wildman–Crippen MR) is 111 cm³/mol. The van der Waals surface area contributed by atoms with Gasteiger partial charge in [0.2, 0.25) is 0 Å². The monoisotopic (exact) mass is 379 g/mol. The van der Waals surface area contributed by atoms with Crippen LogP contribution in [0, 0.1) is 6.92 Å². The van der Waals surface area contributed by atoms with E-state index in [-0.39, 0.29) is 0 Å². The largest absolute Gasteiger partial charge is 0.315 e. The fourth-order valence-electron chi connectivity index (χ4n) is 3.54. The van der Waals surface area contributed by atoms with Crippen LogP contribution in [0.15, 0.2) is 48.1 Å². The minimum absolute atomic E-state index is 0.491. The number of likely N-dealkylation sites (tertiary alicyclic amines) is 1. The molecule has 0 atom stereocenters. The number of benzene rings is 1. The van der Waals surface area contributed by atoms with Crippen LogP contribution in [-0.4, -0.2) is 39.5 Å². The number of nitrogens with zero attached hydrogens (tertiary/aromatic N) is 4. The van der Waals surface area contributed by atoms with Crippen molar-refractivity contribution in [1.82, 2.24) is 19.9 Å². The summed E-state index contributed by atoms with van der Waals surface area (Å²) in [5.41, 5.74) is 3.53. The van der Waals surface area contributed by atoms with Crippen LogP contribution < -0.4 is 5.32 Å². The van der Waals surface area contributed by atoms with Gasteiger partial charge in [-0.1, -0.05) is 30.3 Å². The maximum Gasteiger partial charge on any atom is 0.188 e. The van der Waals surface area contributed by atoms with Gasteiger partial charge in [0.05, 0.1) is 17.6 Å². The van der Waals surface area contributed by atoms with Gasteiger partial charge >= 0.3 is 0 Å². The van der Waals surface area contributed by atoms with Crippen LogP contribution in [0.4, 0.5) is 10.9 Å². The fraction of sp³-hybridized carbons (Fsp3) is 0.381. The number of hydrogen-bond acceptors (Lipinski definition) is 6. The zero-order valence-corrected chi connectivity index (χ0v) is 16.5. The van der Waals surface area contributed by atoms with Gasteiger partial charge in [-0.15, -0.1) is 11.3 Å². The number of rotatable bonds is 6. The standard InChI is InChI=1S/C21H25N5S/c1-16-15-27-21(23-16)25-20-14-22-13-19(24-20)18-8-11-26(12-9-18)10-7-17-5-3-2-4-6-17/h2-6,13-15,18H,7-12H2,1H3,(H,23,24,25). The Morgan fingerprint density at radius 3 is 2.67 bits per heavy atom. The summed E-state index contributed by atoms with van der Waals surface area (Å²) in [5.74, 6) is 1.28. The van der Waals surface area contributed by atoms with E-state index in [1.807, 2.05) is 18.5 Å². The molecule has 6 heteroatoms. The molecular formula is C21H25N5S. The number of anilines is 2. The Kier molecular flexibility index (Phi) is 5.75. The van der Waals surface area contributed by atoms with Crippen molar-refractivity contribution in [2.75, 3.05) is 25.0 Å². The maximum absolute atomic E-state index is 4.79. The van der Waals surface area contributed by atoms with Gasteiger partial charge in [-0.05, 0) is 44.8 Å². The molecule has 1 aliphatic rings. The Bertz CT molecular complexity index is 856. The van der Waals surface area contributed by atoms with E-state index < -0.39 is 0 Å². The summed E-state index contributed by atoms with van der Waals surface area (Å²) in [6.45, 7) is 5.38. The zero-order chi connectivity index (χ0) is 18.5. The number of nitrogens with one attached hydrogen (secondary N) is 1. The average Bonchev–Trinajstić information content (AvgIpc) is 3.12. The first kappa shape index (κ1) is 18.1. The molecule has 0 amide bonds. The lowest BCUT2D eigenvalue weighted by Gasteiger charge is -2.31. The second kappa shape index (κ2) is 8.59. The van der Waals surface area contributed by atoms with Crippen molar-refractivity contribution in [3.05, 3.63) is 65.1 Å². The Morgan fingerprint density at radius 1 is 1.11 bits per heavy atom. The number of piperidine rings is 1. The van der Waals surface area contributed by atoms with Crippen molar-refractivity contribution in [2.45, 2.75) is 32.1 Å². The van der Waals surface area contributed by atoms with Crippen LogP contribution in [0.5, 0.6) is 0 Å². The molecule has 4 rings (SSSR count). The van der Waals surface area contributed by atoms with Gasteiger partial charge in [-0.3, -0.25) is 4.98 Å². The van der Waals surface area contributed by atoms with E-state index in [0.29, 0.717) is 5.92 Å². The number of aryl methyl sites for hydroxylation is 1. The van der Waals surface area contributed by atoms with Crippen molar-refractivity contribution >= 4 is 22.3 Å². The molecule has 140 valence electrons. The molecule has 1 saturated heterocycles. The molecule has 3 heterocycles. The summed E-state index contributed by atoms with van der Waals surface area (Å²) in [5, 5.41) is 6.18. The van der Waals surface area contributed by atoms with Gasteiger partial charge in [0.1, 0.15) is 0 Å². The first-order valence-electron chi connectivity index (χ1n) is 9.53. The third-order valence-electron chi connectivity index (χ3n) is 5.07. The van der Waals surface area contributed by atoms with Crippen LogP contribution in [0.1, 0.15) is 35.7 Å². The second-order valence-electron chi connectivity index (χ2n) is 7.10. The second-order valence-corrected chi connectivity index (χ2v) is 7.96. The molecule has 1 aliphatic heterocycles. The summed E-state index contributed by atoms with van der Waals surface area (Å²) in [7, 11) is 0. The molecule has 0 aliphatic carbocycles. The lowest BCUT2D eigenvalue weighted by molar-refractivity contribution is 0.213. The van der Waals surface area contributed by atoms with E-state index in [0.717, 1.165) is 61.2 Å². The molecule has 0 saturated carbocycles. The lowest BCUT2D eigenvalue weighted by Crippen LogP contribution is -2.34. The van der Waals surface area contributed by atoms with E-state index in [1.165, 1.54) is 5.56 Å². The molecule has 5 nitrogen and oxygen atoms in total. The Morgan fingerprint density at radius 2 is 1.93 bits per heavy atom. The van der Waals surface area contributed by atoms with Gasteiger partial charge in [-0.2, -0.15) is 0 Å². The van der Waals surface area contributed by atoms with E-state index in [2.05, 4.69) is 50.5 Å². The minimum Gasteiger partial charge on any atom is -0.315 e. The number of aromatic nitrogens is 3. The van der Waals surface area contributed by atoms with Gasteiger partial charge in [0, 0.05) is 24.0 Å². The molecule has 1 fully saturated rings. The molecule has 1 N–H and O–H groups in total. The highest BCUT2D eigenvalue weighted by Crippen LogP contribution is 2.28. The zero-order valence-electron chi connectivity index (χ0n) is 15.6. The highest BCUT2D eigenvalue weighted by molar-refractivity contribution is 7.13. The van der Waals surface area contributed by atoms with Crippen LogP contribution in [0.25, 0.3) is 0 Å². The van der Waals surface area contributed by atoms with Crippen molar-refractivity contribution in [1.29, 1.82) is 0 Å². The highest BCUT2D eigenvalue weighted by atomic mass is 32.1. The summed E-state index contributed by atoms with van der Waals surface area (Å²) in [4.78, 5) is 16.2. The Labute approximate surface area is 164 Å². The molecule has 0 spiro atoms. The maximum atomic E-state index is 4.79. The SMILES string of the molecule is Cc1csc(Nc2cncc(C3CCN(CCc4ccccc4)CC3)n2)n1. The normalized spacial score (nSPS) is 15.7. The predicted octanol–water partition coefficient (Wildman–Crippen LogP) is 4.41.